The first-order valence-corrected chi connectivity index (χ1v) is 3.51. The van der Waals surface area contributed by atoms with E-state index >= 15 is 0 Å². The third kappa shape index (κ3) is 3.04. The second kappa shape index (κ2) is 4.25. The number of hydrogen-bond donors (Lipinski definition) is 0. The highest BCUT2D eigenvalue weighted by Gasteiger charge is 2.49. The summed E-state index contributed by atoms with van der Waals surface area (Å²) < 4.78 is 40.1. The summed E-state index contributed by atoms with van der Waals surface area (Å²) in [5.74, 6) is -5.37. The maximum Gasteiger partial charge on any atom is 0.409 e. The van der Waals surface area contributed by atoms with E-state index in [9.17, 15) is 22.8 Å². The van der Waals surface area contributed by atoms with Crippen molar-refractivity contribution in [3.05, 3.63) is 0 Å². The first-order chi connectivity index (χ1) is 5.84. The van der Waals surface area contributed by atoms with Gasteiger partial charge in [0, 0.05) is 6.42 Å². The largest absolute Gasteiger partial charge is 0.468 e. The zero-order chi connectivity index (χ0) is 10.6. The minimum absolute atomic E-state index is 0.348. The molecule has 0 aromatic carbocycles. The van der Waals surface area contributed by atoms with Crippen molar-refractivity contribution in [2.24, 2.45) is 5.92 Å². The van der Waals surface area contributed by atoms with Crippen molar-refractivity contribution in [2.45, 2.75) is 19.5 Å². The number of methoxy groups -OCH3 is 1. The first kappa shape index (κ1) is 11.9. The van der Waals surface area contributed by atoms with Crippen LogP contribution in [0.15, 0.2) is 0 Å². The average molecular weight is 198 g/mol. The predicted octanol–water partition coefficient (Wildman–Crippen LogP) is 1.32. The summed E-state index contributed by atoms with van der Waals surface area (Å²) >= 11 is 0. The molecule has 0 aromatic heterocycles. The van der Waals surface area contributed by atoms with Gasteiger partial charge in [0.1, 0.15) is 0 Å². The lowest BCUT2D eigenvalue weighted by Gasteiger charge is -2.15. The number of rotatable bonds is 3. The fraction of sp³-hybridized carbons (Fsp3) is 0.714. The molecule has 0 fully saturated rings. The molecular formula is C7H9F3O3. The van der Waals surface area contributed by atoms with Crippen molar-refractivity contribution in [2.75, 3.05) is 7.11 Å². The van der Waals surface area contributed by atoms with Crippen LogP contribution in [-0.4, -0.2) is 25.0 Å². The molecule has 0 aliphatic rings. The van der Waals surface area contributed by atoms with Crippen LogP contribution in [0.25, 0.3) is 0 Å². The van der Waals surface area contributed by atoms with Gasteiger partial charge in [-0.3, -0.25) is 9.59 Å². The minimum Gasteiger partial charge on any atom is -0.468 e. The average Bonchev–Trinajstić information content (AvgIpc) is 2.01. The molecule has 0 aliphatic carbocycles. The van der Waals surface area contributed by atoms with E-state index in [1.165, 1.54) is 6.92 Å². The topological polar surface area (TPSA) is 43.4 Å². The number of halogens is 3. The zero-order valence-corrected chi connectivity index (χ0v) is 7.14. The lowest BCUT2D eigenvalue weighted by molar-refractivity contribution is -0.196. The summed E-state index contributed by atoms with van der Waals surface area (Å²) in [5, 5.41) is 0. The Morgan fingerprint density at radius 2 is 1.85 bits per heavy atom. The van der Waals surface area contributed by atoms with Crippen LogP contribution < -0.4 is 0 Å². The van der Waals surface area contributed by atoms with Crippen molar-refractivity contribution < 1.29 is 27.5 Å². The maximum absolute atomic E-state index is 12.1. The molecule has 0 rings (SSSR count). The zero-order valence-electron chi connectivity index (χ0n) is 7.14. The minimum atomic E-state index is -4.86. The highest BCUT2D eigenvalue weighted by Crippen LogP contribution is 2.28. The van der Waals surface area contributed by atoms with Gasteiger partial charge in [-0.25, -0.2) is 0 Å². The second-order valence-corrected chi connectivity index (χ2v) is 2.32. The number of hydrogen-bond acceptors (Lipinski definition) is 3. The Balaban J connectivity index is 4.76. The summed E-state index contributed by atoms with van der Waals surface area (Å²) in [6.07, 6.45) is -5.21. The van der Waals surface area contributed by atoms with Crippen LogP contribution in [0.1, 0.15) is 13.3 Å². The molecule has 3 nitrogen and oxygen atoms in total. The van der Waals surface area contributed by atoms with E-state index in [0.29, 0.717) is 0 Å². The number of carbonyl (C=O) groups excluding carboxylic acids is 2. The predicted molar refractivity (Wildman–Crippen MR) is 36.9 cm³/mol. The van der Waals surface area contributed by atoms with Crippen molar-refractivity contribution in [3.8, 4) is 0 Å². The van der Waals surface area contributed by atoms with E-state index in [1.807, 2.05) is 0 Å². The van der Waals surface area contributed by atoms with E-state index in [4.69, 9.17) is 0 Å². The van der Waals surface area contributed by atoms with E-state index in [1.54, 1.807) is 0 Å². The molecule has 1 atom stereocenters. The van der Waals surface area contributed by atoms with Crippen molar-refractivity contribution in [1.29, 1.82) is 0 Å². The Kier molecular flexibility index (Phi) is 3.90. The van der Waals surface area contributed by atoms with Gasteiger partial charge in [-0.1, -0.05) is 6.92 Å². The number of esters is 1. The Morgan fingerprint density at radius 3 is 2.08 bits per heavy atom. The highest BCUT2D eigenvalue weighted by molar-refractivity contribution is 5.99. The molecule has 0 aliphatic heterocycles. The normalized spacial score (nSPS) is 13.6. The number of alkyl halides is 3. The van der Waals surface area contributed by atoms with Crippen molar-refractivity contribution in [1.82, 2.24) is 0 Å². The maximum atomic E-state index is 12.1. The summed E-state index contributed by atoms with van der Waals surface area (Å²) in [6.45, 7) is 1.25. The molecule has 0 amide bonds. The van der Waals surface area contributed by atoms with Crippen LogP contribution in [0.4, 0.5) is 13.2 Å². The molecule has 13 heavy (non-hydrogen) atoms. The van der Waals surface area contributed by atoms with Gasteiger partial charge in [0.15, 0.2) is 5.78 Å². The van der Waals surface area contributed by atoms with Gasteiger partial charge in [-0.15, -0.1) is 0 Å². The second-order valence-electron chi connectivity index (χ2n) is 2.32. The molecule has 0 N–H and O–H groups in total. The van der Waals surface area contributed by atoms with E-state index in [0.717, 1.165) is 7.11 Å². The molecule has 0 radical (unpaired) electrons. The summed E-state index contributed by atoms with van der Waals surface area (Å²) in [4.78, 5) is 21.3. The number of carbonyl (C=O) groups is 2. The molecule has 0 aromatic rings. The van der Waals surface area contributed by atoms with Crippen LogP contribution in [0.2, 0.25) is 0 Å². The molecule has 0 spiro atoms. The number of Topliss-reactive ketones (excluding diaryl/α,β-unsaturated/α-hetero) is 1. The van der Waals surface area contributed by atoms with Gasteiger partial charge in [0.05, 0.1) is 7.11 Å². The number of ether oxygens (including phenoxy) is 1. The van der Waals surface area contributed by atoms with Gasteiger partial charge in [0.2, 0.25) is 5.92 Å². The van der Waals surface area contributed by atoms with E-state index < -0.39 is 23.8 Å². The van der Waals surface area contributed by atoms with Crippen LogP contribution in [0.3, 0.4) is 0 Å². The lowest BCUT2D eigenvalue weighted by Crippen LogP contribution is -2.37. The van der Waals surface area contributed by atoms with Crippen LogP contribution >= 0.6 is 0 Å². The van der Waals surface area contributed by atoms with Crippen LogP contribution in [0.5, 0.6) is 0 Å². The smallest absolute Gasteiger partial charge is 0.409 e. The van der Waals surface area contributed by atoms with Gasteiger partial charge in [0.25, 0.3) is 0 Å². The first-order valence-electron chi connectivity index (χ1n) is 3.51. The Hall–Kier alpha value is -1.07. The number of ketones is 1. The fourth-order valence-electron chi connectivity index (χ4n) is 0.770. The standard InChI is InChI=1S/C7H9F3O3/c1-3-4(11)5(6(12)13-2)7(8,9)10/h5H,3H2,1-2H3. The molecule has 1 unspecified atom stereocenters. The third-order valence-electron chi connectivity index (χ3n) is 1.43. The fourth-order valence-corrected chi connectivity index (χ4v) is 0.770. The van der Waals surface area contributed by atoms with E-state index in [2.05, 4.69) is 4.74 Å². The van der Waals surface area contributed by atoms with Gasteiger partial charge < -0.3 is 4.74 Å². The summed E-state index contributed by atoms with van der Waals surface area (Å²) in [5.41, 5.74) is 0. The monoisotopic (exact) mass is 198 g/mol. The Labute approximate surface area is 72.9 Å². The van der Waals surface area contributed by atoms with Gasteiger partial charge in [-0.2, -0.15) is 13.2 Å². The molecule has 76 valence electrons. The molecule has 0 saturated heterocycles. The van der Waals surface area contributed by atoms with Crippen molar-refractivity contribution in [3.63, 3.8) is 0 Å². The highest BCUT2D eigenvalue weighted by atomic mass is 19.4. The van der Waals surface area contributed by atoms with E-state index in [-0.39, 0.29) is 6.42 Å². The summed E-state index contributed by atoms with van der Waals surface area (Å²) in [6, 6.07) is 0. The molecule has 0 saturated carbocycles. The van der Waals surface area contributed by atoms with Crippen molar-refractivity contribution >= 4 is 11.8 Å². The quantitative estimate of drug-likeness (QED) is 0.507. The third-order valence-corrected chi connectivity index (χ3v) is 1.43. The van der Waals surface area contributed by atoms with Crippen LogP contribution in [0, 0.1) is 5.92 Å². The Morgan fingerprint density at radius 1 is 1.38 bits per heavy atom. The molecule has 6 heteroatoms. The Bertz CT molecular complexity index is 194. The lowest BCUT2D eigenvalue weighted by atomic mass is 10.0. The molecule has 0 bridgehead atoms. The molecule has 0 heterocycles. The SMILES string of the molecule is CCC(=O)C(C(=O)OC)C(F)(F)F. The van der Waals surface area contributed by atoms with Gasteiger partial charge in [-0.05, 0) is 0 Å². The summed E-state index contributed by atoms with van der Waals surface area (Å²) in [7, 11) is 0.810. The van der Waals surface area contributed by atoms with Gasteiger partial charge >= 0.3 is 12.1 Å². The molecular weight excluding hydrogens is 189 g/mol. The van der Waals surface area contributed by atoms with Crippen LogP contribution in [-0.2, 0) is 14.3 Å².